The Labute approximate surface area is 162 Å². The van der Waals surface area contributed by atoms with E-state index in [0.717, 1.165) is 76.8 Å². The molecule has 3 aliphatic rings. The fourth-order valence-electron chi connectivity index (χ4n) is 4.59. The van der Waals surface area contributed by atoms with Gasteiger partial charge in [0.05, 0.1) is 0 Å². The second-order valence-electron chi connectivity index (χ2n) is 8.73. The fourth-order valence-corrected chi connectivity index (χ4v) is 4.59. The van der Waals surface area contributed by atoms with Crippen LogP contribution in [0.5, 0.6) is 0 Å². The molecular formula is C21H33N5O. The maximum atomic E-state index is 13.0. The maximum absolute atomic E-state index is 13.0. The van der Waals surface area contributed by atoms with Crippen molar-refractivity contribution in [3.05, 3.63) is 17.5 Å². The van der Waals surface area contributed by atoms with Crippen LogP contribution in [-0.4, -0.2) is 72.0 Å². The van der Waals surface area contributed by atoms with Crippen molar-refractivity contribution in [3.8, 4) is 0 Å². The highest BCUT2D eigenvalue weighted by Crippen LogP contribution is 2.28. The zero-order valence-electron chi connectivity index (χ0n) is 16.9. The largest absolute Gasteiger partial charge is 0.341 e. The van der Waals surface area contributed by atoms with E-state index in [-0.39, 0.29) is 5.92 Å². The molecule has 27 heavy (non-hydrogen) atoms. The van der Waals surface area contributed by atoms with Gasteiger partial charge >= 0.3 is 0 Å². The highest BCUT2D eigenvalue weighted by atomic mass is 16.2. The molecule has 0 bridgehead atoms. The van der Waals surface area contributed by atoms with Gasteiger partial charge in [-0.05, 0) is 63.6 Å². The van der Waals surface area contributed by atoms with E-state index >= 15 is 0 Å². The third-order valence-corrected chi connectivity index (χ3v) is 6.58. The smallest absolute Gasteiger partial charge is 0.226 e. The molecule has 0 saturated carbocycles. The fraction of sp³-hybridized carbons (Fsp3) is 0.762. The van der Waals surface area contributed by atoms with E-state index in [1.807, 2.05) is 6.20 Å². The van der Waals surface area contributed by atoms with E-state index in [9.17, 15) is 4.79 Å². The predicted octanol–water partition coefficient (Wildman–Crippen LogP) is 1.98. The van der Waals surface area contributed by atoms with Crippen molar-refractivity contribution in [1.29, 1.82) is 0 Å². The van der Waals surface area contributed by atoms with Gasteiger partial charge in [-0.25, -0.2) is 9.97 Å². The average molecular weight is 372 g/mol. The molecule has 1 aliphatic carbocycles. The number of likely N-dealkylation sites (N-methyl/N-ethyl adjacent to an activating group) is 1. The normalized spacial score (nSPS) is 25.2. The van der Waals surface area contributed by atoms with E-state index < -0.39 is 0 Å². The minimum atomic E-state index is 0.103. The number of piperidine rings is 1. The van der Waals surface area contributed by atoms with Crippen molar-refractivity contribution in [2.45, 2.75) is 45.4 Å². The lowest BCUT2D eigenvalue weighted by Crippen LogP contribution is -2.40. The van der Waals surface area contributed by atoms with Crippen molar-refractivity contribution < 1.29 is 4.79 Å². The zero-order valence-corrected chi connectivity index (χ0v) is 16.9. The van der Waals surface area contributed by atoms with Crippen LogP contribution in [0, 0.1) is 11.8 Å². The Balaban J connectivity index is 1.40. The molecule has 148 valence electrons. The lowest BCUT2D eigenvalue weighted by molar-refractivity contribution is -0.135. The standard InChI is InChI=1S/C21H33N5O/c1-16-6-10-26(11-7-16)21-22-15-18-14-17(4-5-19(18)23-21)20(27)25-9-3-8-24(2)12-13-25/h15-17H,3-14H2,1-2H3. The zero-order chi connectivity index (χ0) is 18.8. The van der Waals surface area contributed by atoms with E-state index in [1.54, 1.807) is 0 Å². The molecule has 2 saturated heterocycles. The summed E-state index contributed by atoms with van der Waals surface area (Å²) in [6.07, 6.45) is 8.14. The summed E-state index contributed by atoms with van der Waals surface area (Å²) in [6.45, 7) is 8.27. The minimum Gasteiger partial charge on any atom is -0.341 e. The van der Waals surface area contributed by atoms with Gasteiger partial charge in [0.2, 0.25) is 11.9 Å². The second-order valence-corrected chi connectivity index (χ2v) is 8.73. The van der Waals surface area contributed by atoms with E-state index in [1.165, 1.54) is 24.1 Å². The Morgan fingerprint density at radius 2 is 1.89 bits per heavy atom. The van der Waals surface area contributed by atoms with Crippen molar-refractivity contribution in [2.75, 3.05) is 51.2 Å². The summed E-state index contributed by atoms with van der Waals surface area (Å²) in [7, 11) is 2.14. The molecule has 4 rings (SSSR count). The Bertz CT molecular complexity index is 671. The first-order valence-corrected chi connectivity index (χ1v) is 10.7. The number of rotatable bonds is 2. The molecule has 1 amide bonds. The van der Waals surface area contributed by atoms with Gasteiger partial charge < -0.3 is 14.7 Å². The van der Waals surface area contributed by atoms with Crippen molar-refractivity contribution in [3.63, 3.8) is 0 Å². The number of fused-ring (bicyclic) bond motifs is 1. The van der Waals surface area contributed by atoms with Gasteiger partial charge in [-0.2, -0.15) is 0 Å². The summed E-state index contributed by atoms with van der Waals surface area (Å²) in [5.74, 6) is 2.14. The summed E-state index contributed by atoms with van der Waals surface area (Å²) in [5.41, 5.74) is 2.35. The average Bonchev–Trinajstić information content (AvgIpc) is 2.91. The molecule has 6 nitrogen and oxygen atoms in total. The van der Waals surface area contributed by atoms with Crippen LogP contribution < -0.4 is 4.90 Å². The van der Waals surface area contributed by atoms with Gasteiger partial charge in [0.1, 0.15) is 0 Å². The van der Waals surface area contributed by atoms with Crippen LogP contribution >= 0.6 is 0 Å². The third-order valence-electron chi connectivity index (χ3n) is 6.58. The molecule has 1 atom stereocenters. The number of nitrogens with zero attached hydrogens (tertiary/aromatic N) is 5. The van der Waals surface area contributed by atoms with Gasteiger partial charge in [-0.1, -0.05) is 6.92 Å². The lowest BCUT2D eigenvalue weighted by atomic mass is 9.86. The van der Waals surface area contributed by atoms with Crippen LogP contribution in [0.25, 0.3) is 0 Å². The van der Waals surface area contributed by atoms with E-state index in [2.05, 4.69) is 33.7 Å². The summed E-state index contributed by atoms with van der Waals surface area (Å²) in [4.78, 5) is 29.3. The van der Waals surface area contributed by atoms with Gasteiger partial charge in [0, 0.05) is 50.5 Å². The van der Waals surface area contributed by atoms with Crippen LogP contribution in [0.4, 0.5) is 5.95 Å². The first-order valence-electron chi connectivity index (χ1n) is 10.7. The van der Waals surface area contributed by atoms with Crippen molar-refractivity contribution in [2.24, 2.45) is 11.8 Å². The summed E-state index contributed by atoms with van der Waals surface area (Å²) in [5, 5.41) is 0. The molecule has 1 aromatic heterocycles. The molecule has 3 heterocycles. The quantitative estimate of drug-likeness (QED) is 0.796. The summed E-state index contributed by atoms with van der Waals surface area (Å²) >= 11 is 0. The number of aromatic nitrogens is 2. The molecule has 2 fully saturated rings. The molecule has 6 heteroatoms. The van der Waals surface area contributed by atoms with Crippen LogP contribution in [0.1, 0.15) is 43.9 Å². The van der Waals surface area contributed by atoms with Crippen molar-refractivity contribution >= 4 is 11.9 Å². The molecule has 0 radical (unpaired) electrons. The van der Waals surface area contributed by atoms with Gasteiger partial charge in [-0.3, -0.25) is 4.79 Å². The van der Waals surface area contributed by atoms with Crippen LogP contribution in [-0.2, 0) is 17.6 Å². The minimum absolute atomic E-state index is 0.103. The summed E-state index contributed by atoms with van der Waals surface area (Å²) in [6, 6.07) is 0. The Kier molecular flexibility index (Phi) is 5.62. The Hall–Kier alpha value is -1.69. The summed E-state index contributed by atoms with van der Waals surface area (Å²) < 4.78 is 0. The highest BCUT2D eigenvalue weighted by Gasteiger charge is 2.30. The topological polar surface area (TPSA) is 52.6 Å². The maximum Gasteiger partial charge on any atom is 0.226 e. The van der Waals surface area contributed by atoms with Crippen LogP contribution in [0.3, 0.4) is 0 Å². The number of amides is 1. The van der Waals surface area contributed by atoms with E-state index in [4.69, 9.17) is 4.98 Å². The number of aryl methyl sites for hydroxylation is 1. The molecule has 0 N–H and O–H groups in total. The first kappa shape index (κ1) is 18.7. The molecule has 2 aliphatic heterocycles. The number of anilines is 1. The molecular weight excluding hydrogens is 338 g/mol. The highest BCUT2D eigenvalue weighted by molar-refractivity contribution is 5.79. The van der Waals surface area contributed by atoms with Crippen LogP contribution in [0.2, 0.25) is 0 Å². The molecule has 0 aromatic carbocycles. The number of carbonyl (C=O) groups excluding carboxylic acids is 1. The first-order chi connectivity index (χ1) is 13.1. The number of carbonyl (C=O) groups is 1. The van der Waals surface area contributed by atoms with Crippen LogP contribution in [0.15, 0.2) is 6.20 Å². The molecule has 1 unspecified atom stereocenters. The number of hydrogen-bond donors (Lipinski definition) is 0. The predicted molar refractivity (Wildman–Crippen MR) is 107 cm³/mol. The van der Waals surface area contributed by atoms with Crippen molar-refractivity contribution in [1.82, 2.24) is 19.8 Å². The third kappa shape index (κ3) is 4.26. The lowest BCUT2D eigenvalue weighted by Gasteiger charge is -2.32. The Morgan fingerprint density at radius 1 is 1.07 bits per heavy atom. The second kappa shape index (κ2) is 8.13. The number of hydrogen-bond acceptors (Lipinski definition) is 5. The van der Waals surface area contributed by atoms with Gasteiger partial charge in [0.25, 0.3) is 0 Å². The van der Waals surface area contributed by atoms with Gasteiger partial charge in [-0.15, -0.1) is 0 Å². The SMILES string of the molecule is CC1CCN(c2ncc3c(n2)CCC(C(=O)N2CCCN(C)CC2)C3)CC1. The Morgan fingerprint density at radius 3 is 2.70 bits per heavy atom. The monoisotopic (exact) mass is 371 g/mol. The molecule has 0 spiro atoms. The molecule has 1 aromatic rings. The van der Waals surface area contributed by atoms with E-state index in [0.29, 0.717) is 5.91 Å². The van der Waals surface area contributed by atoms with Gasteiger partial charge in [0.15, 0.2) is 0 Å².